The first-order valence-electron chi connectivity index (χ1n) is 10.3. The lowest BCUT2D eigenvalue weighted by atomic mass is 10.1. The highest BCUT2D eigenvalue weighted by Crippen LogP contribution is 2.31. The summed E-state index contributed by atoms with van der Waals surface area (Å²) in [7, 11) is 0. The van der Waals surface area contributed by atoms with Gasteiger partial charge in [-0.25, -0.2) is 0 Å². The molecule has 3 aromatic carbocycles. The van der Waals surface area contributed by atoms with Gasteiger partial charge < -0.3 is 4.90 Å². The van der Waals surface area contributed by atoms with Gasteiger partial charge in [0.25, 0.3) is 5.91 Å². The van der Waals surface area contributed by atoms with Crippen molar-refractivity contribution in [2.45, 2.75) is 6.54 Å². The number of thioether (sulfide) groups is 1. The normalized spacial score (nSPS) is 18.9. The fraction of sp³-hybridized carbons (Fsp3) is 0.200. The van der Waals surface area contributed by atoms with Gasteiger partial charge in [0.15, 0.2) is 5.17 Å². The molecule has 1 saturated heterocycles. The van der Waals surface area contributed by atoms with Gasteiger partial charge in [-0.05, 0) is 45.8 Å². The first-order valence-corrected chi connectivity index (χ1v) is 11.1. The zero-order valence-electron chi connectivity index (χ0n) is 16.7. The van der Waals surface area contributed by atoms with Crippen molar-refractivity contribution in [3.63, 3.8) is 0 Å². The van der Waals surface area contributed by atoms with Gasteiger partial charge in [-0.2, -0.15) is 4.99 Å². The van der Waals surface area contributed by atoms with E-state index in [-0.39, 0.29) is 5.91 Å². The highest BCUT2D eigenvalue weighted by atomic mass is 32.2. The van der Waals surface area contributed by atoms with E-state index < -0.39 is 0 Å². The summed E-state index contributed by atoms with van der Waals surface area (Å²) in [6, 6.07) is 25.1. The van der Waals surface area contributed by atoms with Crippen molar-refractivity contribution >= 4 is 39.7 Å². The number of piperazine rings is 1. The zero-order chi connectivity index (χ0) is 20.3. The van der Waals surface area contributed by atoms with Crippen LogP contribution in [0.25, 0.3) is 16.8 Å². The Labute approximate surface area is 180 Å². The van der Waals surface area contributed by atoms with Crippen molar-refractivity contribution < 1.29 is 4.79 Å². The first kappa shape index (κ1) is 19.1. The van der Waals surface area contributed by atoms with Crippen LogP contribution in [0.2, 0.25) is 0 Å². The molecule has 1 fully saturated rings. The van der Waals surface area contributed by atoms with E-state index in [0.717, 1.165) is 43.5 Å². The summed E-state index contributed by atoms with van der Waals surface area (Å²) in [5.74, 6) is -0.130. The maximum absolute atomic E-state index is 12.5. The Bertz CT molecular complexity index is 1130. The number of rotatable bonds is 3. The molecule has 3 aromatic rings. The monoisotopic (exact) mass is 413 g/mol. The molecule has 0 bridgehead atoms. The van der Waals surface area contributed by atoms with Gasteiger partial charge in [0.1, 0.15) is 0 Å². The fourth-order valence-electron chi connectivity index (χ4n) is 3.92. The molecule has 2 aliphatic rings. The summed E-state index contributed by atoms with van der Waals surface area (Å²) >= 11 is 1.50. The third-order valence-electron chi connectivity index (χ3n) is 5.57. The number of nitrogens with zero attached hydrogens (tertiary/aromatic N) is 3. The molecule has 0 radical (unpaired) electrons. The van der Waals surface area contributed by atoms with Crippen LogP contribution >= 0.6 is 11.8 Å². The van der Waals surface area contributed by atoms with Crippen molar-refractivity contribution in [2.24, 2.45) is 4.99 Å². The molecule has 30 heavy (non-hydrogen) atoms. The molecular formula is C25H23N3OS. The van der Waals surface area contributed by atoms with Gasteiger partial charge in [-0.1, -0.05) is 66.7 Å². The van der Waals surface area contributed by atoms with Crippen LogP contribution in [0.5, 0.6) is 0 Å². The second kappa shape index (κ2) is 8.46. The van der Waals surface area contributed by atoms with E-state index in [2.05, 4.69) is 75.5 Å². The molecule has 4 nitrogen and oxygen atoms in total. The number of hydrogen-bond donors (Lipinski definition) is 0. The highest BCUT2D eigenvalue weighted by Gasteiger charge is 2.28. The summed E-state index contributed by atoms with van der Waals surface area (Å²) in [6.45, 7) is 4.73. The van der Waals surface area contributed by atoms with Crippen LogP contribution in [-0.2, 0) is 11.3 Å². The topological polar surface area (TPSA) is 35.9 Å². The highest BCUT2D eigenvalue weighted by molar-refractivity contribution is 8.18. The molecule has 0 spiro atoms. The molecule has 0 unspecified atom stereocenters. The molecule has 2 heterocycles. The Morgan fingerprint density at radius 2 is 1.60 bits per heavy atom. The van der Waals surface area contributed by atoms with Gasteiger partial charge in [-0.3, -0.25) is 9.69 Å². The third kappa shape index (κ3) is 4.18. The number of carbonyl (C=O) groups excluding carboxylic acids is 1. The first-order chi connectivity index (χ1) is 14.7. The number of hydrogen-bond acceptors (Lipinski definition) is 4. The summed E-state index contributed by atoms with van der Waals surface area (Å²) in [5.41, 5.74) is 2.38. The Balaban J connectivity index is 1.22. The molecular weight excluding hydrogens is 390 g/mol. The average molecular weight is 414 g/mol. The van der Waals surface area contributed by atoms with Gasteiger partial charge in [0.05, 0.1) is 4.91 Å². The Kier molecular flexibility index (Phi) is 5.39. The zero-order valence-corrected chi connectivity index (χ0v) is 17.5. The Morgan fingerprint density at radius 1 is 0.867 bits per heavy atom. The minimum absolute atomic E-state index is 0.130. The molecule has 5 rings (SSSR count). The summed E-state index contributed by atoms with van der Waals surface area (Å²) in [6.07, 6.45) is 1.96. The molecule has 0 aliphatic carbocycles. The number of benzene rings is 3. The van der Waals surface area contributed by atoms with E-state index in [1.807, 2.05) is 18.2 Å². The molecule has 150 valence electrons. The van der Waals surface area contributed by atoms with Gasteiger partial charge in [0, 0.05) is 32.7 Å². The number of amidine groups is 1. The van der Waals surface area contributed by atoms with E-state index >= 15 is 0 Å². The number of fused-ring (bicyclic) bond motifs is 1. The van der Waals surface area contributed by atoms with Crippen LogP contribution in [0.4, 0.5) is 0 Å². The van der Waals surface area contributed by atoms with Crippen LogP contribution in [0.15, 0.2) is 82.7 Å². The fourth-order valence-corrected chi connectivity index (χ4v) is 4.89. The molecule has 2 aliphatic heterocycles. The predicted octanol–water partition coefficient (Wildman–Crippen LogP) is 4.63. The van der Waals surface area contributed by atoms with Gasteiger partial charge in [0.2, 0.25) is 0 Å². The van der Waals surface area contributed by atoms with Crippen molar-refractivity contribution in [2.75, 3.05) is 26.2 Å². The Hall–Kier alpha value is -2.89. The van der Waals surface area contributed by atoms with Crippen LogP contribution in [0.1, 0.15) is 11.1 Å². The summed E-state index contributed by atoms with van der Waals surface area (Å²) < 4.78 is 0. The molecule has 0 aromatic heterocycles. The van der Waals surface area contributed by atoms with Crippen molar-refractivity contribution in [1.82, 2.24) is 9.80 Å². The third-order valence-corrected chi connectivity index (χ3v) is 6.62. The van der Waals surface area contributed by atoms with Crippen molar-refractivity contribution in [1.29, 1.82) is 0 Å². The second-order valence-corrected chi connectivity index (χ2v) is 8.67. The van der Waals surface area contributed by atoms with Gasteiger partial charge in [-0.15, -0.1) is 0 Å². The van der Waals surface area contributed by atoms with E-state index in [1.54, 1.807) is 0 Å². The lowest BCUT2D eigenvalue weighted by molar-refractivity contribution is -0.113. The maximum Gasteiger partial charge on any atom is 0.286 e. The van der Waals surface area contributed by atoms with E-state index in [1.165, 1.54) is 28.1 Å². The van der Waals surface area contributed by atoms with E-state index in [4.69, 9.17) is 0 Å². The lowest BCUT2D eigenvalue weighted by Gasteiger charge is -2.35. The molecule has 0 atom stereocenters. The molecule has 1 amide bonds. The van der Waals surface area contributed by atoms with Crippen molar-refractivity contribution in [3.05, 3.63) is 88.8 Å². The number of amides is 1. The SMILES string of the molecule is O=C1N=C(N2CCN(Cc3ccccc3)CC2)SC1=Cc1ccc2ccccc2c1. The minimum atomic E-state index is -0.130. The van der Waals surface area contributed by atoms with E-state index in [0.29, 0.717) is 4.91 Å². The Morgan fingerprint density at radius 3 is 2.40 bits per heavy atom. The quantitative estimate of drug-likeness (QED) is 0.587. The maximum atomic E-state index is 12.5. The standard InChI is InChI=1S/C25H23N3OS/c29-24-23(17-20-10-11-21-8-4-5-9-22(21)16-20)30-25(26-24)28-14-12-27(13-15-28)18-19-6-2-1-3-7-19/h1-11,16-17H,12-15,18H2. The van der Waals surface area contributed by atoms with Gasteiger partial charge >= 0.3 is 0 Å². The average Bonchev–Trinajstić information content (AvgIpc) is 3.15. The summed E-state index contributed by atoms with van der Waals surface area (Å²) in [4.78, 5) is 22.2. The lowest BCUT2D eigenvalue weighted by Crippen LogP contribution is -2.47. The second-order valence-electron chi connectivity index (χ2n) is 7.67. The molecule has 5 heteroatoms. The minimum Gasteiger partial charge on any atom is -0.348 e. The molecule has 0 saturated carbocycles. The van der Waals surface area contributed by atoms with Crippen LogP contribution in [-0.4, -0.2) is 47.1 Å². The van der Waals surface area contributed by atoms with Crippen LogP contribution in [0.3, 0.4) is 0 Å². The van der Waals surface area contributed by atoms with Crippen LogP contribution in [0, 0.1) is 0 Å². The number of carbonyl (C=O) groups is 1. The van der Waals surface area contributed by atoms with Crippen LogP contribution < -0.4 is 0 Å². The predicted molar refractivity (Wildman–Crippen MR) is 125 cm³/mol. The largest absolute Gasteiger partial charge is 0.348 e. The number of aliphatic imine (C=N–C) groups is 1. The van der Waals surface area contributed by atoms with Crippen molar-refractivity contribution in [3.8, 4) is 0 Å². The summed E-state index contributed by atoms with van der Waals surface area (Å²) in [5, 5.41) is 3.22. The van der Waals surface area contributed by atoms with E-state index in [9.17, 15) is 4.79 Å². The smallest absolute Gasteiger partial charge is 0.286 e. The molecule has 0 N–H and O–H groups in total.